The Morgan fingerprint density at radius 1 is 0.912 bits per heavy atom. The van der Waals surface area contributed by atoms with Gasteiger partial charge in [-0.2, -0.15) is 13.2 Å². The van der Waals surface area contributed by atoms with E-state index in [-0.39, 0.29) is 6.61 Å². The molecule has 0 aromatic heterocycles. The van der Waals surface area contributed by atoms with Crippen molar-refractivity contribution in [1.82, 2.24) is 0 Å². The summed E-state index contributed by atoms with van der Waals surface area (Å²) < 4.78 is 56.5. The fraction of sp³-hybridized carbons (Fsp3) is 0.346. The molecule has 8 heteroatoms. The first-order chi connectivity index (χ1) is 15.8. The third-order valence-corrected chi connectivity index (χ3v) is 6.55. The Morgan fingerprint density at radius 3 is 2.06 bits per heavy atom. The molecule has 34 heavy (non-hydrogen) atoms. The van der Waals surface area contributed by atoms with Crippen molar-refractivity contribution in [2.24, 2.45) is 0 Å². The van der Waals surface area contributed by atoms with Crippen LogP contribution in [0.15, 0.2) is 54.6 Å². The van der Waals surface area contributed by atoms with Crippen LogP contribution in [0.5, 0.6) is 0 Å². The van der Waals surface area contributed by atoms with Crippen molar-refractivity contribution < 1.29 is 32.0 Å². The van der Waals surface area contributed by atoms with Crippen LogP contribution in [0, 0.1) is 0 Å². The minimum Gasteiger partial charge on any atom is -0.462 e. The van der Waals surface area contributed by atoms with Crippen molar-refractivity contribution >= 4 is 29.3 Å². The lowest BCUT2D eigenvalue weighted by atomic mass is 9.75. The summed E-state index contributed by atoms with van der Waals surface area (Å²) in [6.07, 6.45) is -4.39. The van der Waals surface area contributed by atoms with E-state index in [9.17, 15) is 18.0 Å². The fourth-order valence-corrected chi connectivity index (χ4v) is 3.93. The third-order valence-electron chi connectivity index (χ3n) is 6.55. The molecule has 1 heterocycles. The lowest BCUT2D eigenvalue weighted by Crippen LogP contribution is -2.41. The molecule has 1 aliphatic heterocycles. The minimum atomic E-state index is -4.39. The van der Waals surface area contributed by atoms with Gasteiger partial charge < -0.3 is 14.0 Å². The standard InChI is InChI=1S/C26H26BF3O4/c1-6-32-23(31)19-14-18-13-17(16-7-10-20(11-8-16)26(28,29)30)9-12-21(18)22(15-19)27-33-24(2,3)25(4,5)34-27/h7-15H,6H2,1-5H3. The minimum absolute atomic E-state index is 0.230. The Bertz CT molecular complexity index is 1220. The number of alkyl halides is 3. The van der Waals surface area contributed by atoms with Gasteiger partial charge in [-0.25, -0.2) is 4.79 Å². The monoisotopic (exact) mass is 470 g/mol. The molecule has 0 spiro atoms. The van der Waals surface area contributed by atoms with Crippen molar-refractivity contribution in [3.05, 3.63) is 65.7 Å². The highest BCUT2D eigenvalue weighted by molar-refractivity contribution is 6.65. The van der Waals surface area contributed by atoms with Crippen LogP contribution in [-0.4, -0.2) is 30.9 Å². The van der Waals surface area contributed by atoms with Crippen molar-refractivity contribution in [3.63, 3.8) is 0 Å². The number of carbonyl (C=O) groups excluding carboxylic acids is 1. The van der Waals surface area contributed by atoms with Gasteiger partial charge in [0.2, 0.25) is 0 Å². The van der Waals surface area contributed by atoms with Crippen molar-refractivity contribution in [2.45, 2.75) is 52.0 Å². The summed E-state index contributed by atoms with van der Waals surface area (Å²) in [6.45, 7) is 9.77. The lowest BCUT2D eigenvalue weighted by Gasteiger charge is -2.32. The van der Waals surface area contributed by atoms with E-state index in [1.807, 2.05) is 45.9 Å². The van der Waals surface area contributed by atoms with Gasteiger partial charge in [-0.1, -0.05) is 24.3 Å². The van der Waals surface area contributed by atoms with Gasteiger partial charge in [-0.3, -0.25) is 0 Å². The predicted molar refractivity (Wildman–Crippen MR) is 126 cm³/mol. The summed E-state index contributed by atoms with van der Waals surface area (Å²) in [5, 5.41) is 1.55. The molecule has 1 fully saturated rings. The first-order valence-corrected chi connectivity index (χ1v) is 11.1. The summed E-state index contributed by atoms with van der Waals surface area (Å²) in [5.74, 6) is -0.470. The van der Waals surface area contributed by atoms with Crippen LogP contribution in [0.1, 0.15) is 50.5 Å². The average Bonchev–Trinajstić information content (AvgIpc) is 2.99. The number of rotatable bonds is 4. The highest BCUT2D eigenvalue weighted by Gasteiger charge is 2.52. The van der Waals surface area contributed by atoms with Gasteiger partial charge in [0.1, 0.15) is 0 Å². The van der Waals surface area contributed by atoms with Gasteiger partial charge in [0.25, 0.3) is 0 Å². The van der Waals surface area contributed by atoms with E-state index < -0.39 is 36.0 Å². The second-order valence-electron chi connectivity index (χ2n) is 9.39. The smallest absolute Gasteiger partial charge is 0.462 e. The Kier molecular flexibility index (Phi) is 6.02. The maximum atomic E-state index is 12.9. The topological polar surface area (TPSA) is 44.8 Å². The third kappa shape index (κ3) is 4.44. The fourth-order valence-electron chi connectivity index (χ4n) is 3.93. The van der Waals surface area contributed by atoms with Crippen molar-refractivity contribution in [3.8, 4) is 11.1 Å². The summed E-state index contributed by atoms with van der Waals surface area (Å²) >= 11 is 0. The first-order valence-electron chi connectivity index (χ1n) is 11.1. The Hall–Kier alpha value is -2.84. The van der Waals surface area contributed by atoms with E-state index in [1.54, 1.807) is 19.1 Å². The first kappa shape index (κ1) is 24.3. The molecule has 0 bridgehead atoms. The zero-order valence-electron chi connectivity index (χ0n) is 19.7. The summed E-state index contributed by atoms with van der Waals surface area (Å²) in [6, 6.07) is 14.0. The van der Waals surface area contributed by atoms with Crippen LogP contribution in [0.3, 0.4) is 0 Å². The molecule has 0 saturated carbocycles. The Labute approximate surface area is 197 Å². The Balaban J connectivity index is 1.82. The van der Waals surface area contributed by atoms with Crippen LogP contribution in [0.2, 0.25) is 0 Å². The molecular formula is C26H26BF3O4. The number of hydrogen-bond donors (Lipinski definition) is 0. The molecular weight excluding hydrogens is 444 g/mol. The quantitative estimate of drug-likeness (QED) is 0.347. The number of hydrogen-bond acceptors (Lipinski definition) is 4. The molecule has 4 rings (SSSR count). The highest BCUT2D eigenvalue weighted by atomic mass is 19.4. The van der Waals surface area contributed by atoms with Gasteiger partial charge in [0, 0.05) is 0 Å². The van der Waals surface area contributed by atoms with E-state index in [0.717, 1.165) is 28.5 Å². The number of halogens is 3. The highest BCUT2D eigenvalue weighted by Crippen LogP contribution is 2.38. The normalized spacial score (nSPS) is 17.2. The molecule has 0 amide bonds. The number of benzene rings is 3. The van der Waals surface area contributed by atoms with Crippen LogP contribution < -0.4 is 5.46 Å². The molecule has 178 valence electrons. The molecule has 4 nitrogen and oxygen atoms in total. The van der Waals surface area contributed by atoms with Gasteiger partial charge >= 0.3 is 19.3 Å². The molecule has 0 unspecified atom stereocenters. The lowest BCUT2D eigenvalue weighted by molar-refractivity contribution is -0.137. The largest absolute Gasteiger partial charge is 0.495 e. The van der Waals surface area contributed by atoms with Gasteiger partial charge in [0.15, 0.2) is 0 Å². The van der Waals surface area contributed by atoms with E-state index in [0.29, 0.717) is 16.6 Å². The number of ether oxygens (including phenoxy) is 1. The second kappa shape index (κ2) is 8.43. The van der Waals surface area contributed by atoms with E-state index in [2.05, 4.69) is 0 Å². The molecule has 1 saturated heterocycles. The summed E-state index contributed by atoms with van der Waals surface area (Å²) in [4.78, 5) is 12.6. The maximum Gasteiger partial charge on any atom is 0.495 e. The molecule has 3 aromatic rings. The Morgan fingerprint density at radius 2 is 1.50 bits per heavy atom. The SMILES string of the molecule is CCOC(=O)c1cc(B2OC(C)(C)C(C)(C)O2)c2ccc(-c3ccc(C(F)(F)F)cc3)cc2c1. The van der Waals surface area contributed by atoms with Crippen LogP contribution in [0.4, 0.5) is 13.2 Å². The van der Waals surface area contributed by atoms with Gasteiger partial charge in [-0.05, 0) is 92.3 Å². The molecule has 3 aromatic carbocycles. The second-order valence-corrected chi connectivity index (χ2v) is 9.39. The van der Waals surface area contributed by atoms with Crippen molar-refractivity contribution in [1.29, 1.82) is 0 Å². The predicted octanol–water partition coefficient (Wildman–Crippen LogP) is 6.00. The molecule has 0 radical (unpaired) electrons. The van der Waals surface area contributed by atoms with Crippen LogP contribution >= 0.6 is 0 Å². The maximum absolute atomic E-state index is 12.9. The molecule has 1 aliphatic rings. The van der Waals surface area contributed by atoms with Crippen LogP contribution in [0.25, 0.3) is 21.9 Å². The zero-order chi connectivity index (χ0) is 24.9. The molecule has 0 atom stereocenters. The summed E-state index contributed by atoms with van der Waals surface area (Å²) in [5.41, 5.74) is 0.566. The van der Waals surface area contributed by atoms with Crippen molar-refractivity contribution in [2.75, 3.05) is 6.61 Å². The van der Waals surface area contributed by atoms with E-state index in [1.165, 1.54) is 12.1 Å². The van der Waals surface area contributed by atoms with Crippen LogP contribution in [-0.2, 0) is 20.2 Å². The number of carbonyl (C=O) groups is 1. The summed E-state index contributed by atoms with van der Waals surface area (Å²) in [7, 11) is -0.696. The number of fused-ring (bicyclic) bond motifs is 1. The zero-order valence-corrected chi connectivity index (χ0v) is 19.7. The van der Waals surface area contributed by atoms with Gasteiger partial charge in [0.05, 0.1) is 28.9 Å². The molecule has 0 N–H and O–H groups in total. The average molecular weight is 470 g/mol. The molecule has 0 aliphatic carbocycles. The van der Waals surface area contributed by atoms with Gasteiger partial charge in [-0.15, -0.1) is 0 Å². The number of esters is 1. The van der Waals surface area contributed by atoms with E-state index >= 15 is 0 Å². The van der Waals surface area contributed by atoms with E-state index in [4.69, 9.17) is 14.0 Å².